The second kappa shape index (κ2) is 7.76. The van der Waals surface area contributed by atoms with Crippen molar-refractivity contribution in [1.29, 1.82) is 0 Å². The number of nitrogens with zero attached hydrogens (tertiary/aromatic N) is 1. The summed E-state index contributed by atoms with van der Waals surface area (Å²) in [7, 11) is 1.66. The summed E-state index contributed by atoms with van der Waals surface area (Å²) < 4.78 is 57.5. The van der Waals surface area contributed by atoms with Gasteiger partial charge in [-0.25, -0.2) is 4.39 Å². The third kappa shape index (κ3) is 4.53. The molecule has 2 aromatic rings. The summed E-state index contributed by atoms with van der Waals surface area (Å²) in [4.78, 5) is 3.88. The van der Waals surface area contributed by atoms with Gasteiger partial charge in [-0.1, -0.05) is 6.07 Å². The molecule has 0 bridgehead atoms. The van der Waals surface area contributed by atoms with Crippen LogP contribution in [0.15, 0.2) is 35.3 Å². The van der Waals surface area contributed by atoms with E-state index >= 15 is 0 Å². The standard InChI is InChI=1S/C19H20F4N2O/c1-11-8-18(12(2)7-15(11)13(3)25-10-24-4)26-14-5-6-17(20)16(9-14)19(21,22)23/h5-10,13H,1-4H3,(H,24,25). The summed E-state index contributed by atoms with van der Waals surface area (Å²) in [6.45, 7) is 5.65. The zero-order valence-electron chi connectivity index (χ0n) is 14.9. The number of alkyl halides is 3. The molecule has 0 fully saturated rings. The molecule has 0 heterocycles. The van der Waals surface area contributed by atoms with E-state index in [2.05, 4.69) is 10.3 Å². The number of benzene rings is 2. The Bertz CT molecular complexity index is 816. The lowest BCUT2D eigenvalue weighted by molar-refractivity contribution is -0.140. The highest BCUT2D eigenvalue weighted by molar-refractivity contribution is 5.56. The van der Waals surface area contributed by atoms with E-state index in [-0.39, 0.29) is 11.8 Å². The SMILES string of the molecule is CN=CNC(C)c1cc(C)c(Oc2ccc(F)c(C(F)(F)F)c2)cc1C. The molecule has 1 unspecified atom stereocenters. The van der Waals surface area contributed by atoms with Crippen LogP contribution < -0.4 is 10.1 Å². The molecule has 0 saturated heterocycles. The van der Waals surface area contributed by atoms with E-state index in [1.807, 2.05) is 19.9 Å². The number of nitrogens with one attached hydrogen (secondary N) is 1. The molecular weight excluding hydrogens is 348 g/mol. The van der Waals surface area contributed by atoms with Crippen LogP contribution in [-0.4, -0.2) is 13.4 Å². The van der Waals surface area contributed by atoms with Gasteiger partial charge in [0.15, 0.2) is 0 Å². The van der Waals surface area contributed by atoms with Crippen molar-refractivity contribution in [1.82, 2.24) is 5.32 Å². The molecule has 0 spiro atoms. The second-order valence-corrected chi connectivity index (χ2v) is 5.99. The molecule has 26 heavy (non-hydrogen) atoms. The van der Waals surface area contributed by atoms with Crippen molar-refractivity contribution in [3.05, 3.63) is 58.4 Å². The zero-order chi connectivity index (χ0) is 19.5. The van der Waals surface area contributed by atoms with Crippen LogP contribution in [0, 0.1) is 19.7 Å². The Hall–Kier alpha value is -2.57. The van der Waals surface area contributed by atoms with Gasteiger partial charge in [-0.3, -0.25) is 4.99 Å². The van der Waals surface area contributed by atoms with Crippen LogP contribution in [0.5, 0.6) is 11.5 Å². The molecule has 2 rings (SSSR count). The topological polar surface area (TPSA) is 33.6 Å². The smallest absolute Gasteiger partial charge is 0.419 e. The predicted octanol–water partition coefficient (Wildman–Crippen LogP) is 5.56. The highest BCUT2D eigenvalue weighted by Gasteiger charge is 2.34. The van der Waals surface area contributed by atoms with Crippen molar-refractivity contribution >= 4 is 6.34 Å². The molecule has 0 amide bonds. The number of hydrogen-bond acceptors (Lipinski definition) is 2. The van der Waals surface area contributed by atoms with E-state index in [4.69, 9.17) is 4.74 Å². The van der Waals surface area contributed by atoms with Crippen LogP contribution >= 0.6 is 0 Å². The lowest BCUT2D eigenvalue weighted by atomic mass is 9.99. The van der Waals surface area contributed by atoms with Gasteiger partial charge in [0.1, 0.15) is 17.3 Å². The Morgan fingerprint density at radius 3 is 2.42 bits per heavy atom. The normalized spacial score (nSPS) is 13.1. The maximum Gasteiger partial charge on any atom is 0.419 e. The fraction of sp³-hybridized carbons (Fsp3) is 0.316. The zero-order valence-corrected chi connectivity index (χ0v) is 14.9. The third-order valence-electron chi connectivity index (χ3n) is 3.95. The Kier molecular flexibility index (Phi) is 5.90. The average molecular weight is 368 g/mol. The number of aryl methyl sites for hydroxylation is 2. The van der Waals surface area contributed by atoms with Gasteiger partial charge in [0, 0.05) is 13.1 Å². The Labute approximate surface area is 149 Å². The number of hydrogen-bond donors (Lipinski definition) is 1. The first-order valence-electron chi connectivity index (χ1n) is 7.96. The number of halogens is 4. The molecule has 3 nitrogen and oxygen atoms in total. The van der Waals surface area contributed by atoms with Crippen LogP contribution in [0.25, 0.3) is 0 Å². The minimum Gasteiger partial charge on any atom is -0.457 e. The lowest BCUT2D eigenvalue weighted by Gasteiger charge is -2.18. The summed E-state index contributed by atoms with van der Waals surface area (Å²) >= 11 is 0. The highest BCUT2D eigenvalue weighted by atomic mass is 19.4. The summed E-state index contributed by atoms with van der Waals surface area (Å²) in [6, 6.07) is 6.26. The number of rotatable bonds is 5. The van der Waals surface area contributed by atoms with Crippen molar-refractivity contribution in [3.63, 3.8) is 0 Å². The fourth-order valence-electron chi connectivity index (χ4n) is 2.58. The van der Waals surface area contributed by atoms with E-state index in [9.17, 15) is 17.6 Å². The molecular formula is C19H20F4N2O. The lowest BCUT2D eigenvalue weighted by Crippen LogP contribution is -2.17. The van der Waals surface area contributed by atoms with E-state index in [1.54, 1.807) is 26.4 Å². The van der Waals surface area contributed by atoms with Gasteiger partial charge in [-0.2, -0.15) is 13.2 Å². The Morgan fingerprint density at radius 1 is 1.12 bits per heavy atom. The van der Waals surface area contributed by atoms with Gasteiger partial charge in [-0.15, -0.1) is 0 Å². The minimum atomic E-state index is -4.78. The molecule has 0 aliphatic carbocycles. The van der Waals surface area contributed by atoms with Gasteiger partial charge in [0.05, 0.1) is 11.9 Å². The van der Waals surface area contributed by atoms with Crippen LogP contribution in [0.1, 0.15) is 35.2 Å². The summed E-state index contributed by atoms with van der Waals surface area (Å²) in [5, 5.41) is 3.12. The molecule has 0 aliphatic heterocycles. The molecule has 140 valence electrons. The maximum absolute atomic E-state index is 13.4. The third-order valence-corrected chi connectivity index (χ3v) is 3.95. The van der Waals surface area contributed by atoms with E-state index < -0.39 is 17.6 Å². The monoisotopic (exact) mass is 368 g/mol. The number of aliphatic imine (C=N–C) groups is 1. The van der Waals surface area contributed by atoms with Crippen LogP contribution in [0.2, 0.25) is 0 Å². The molecule has 0 radical (unpaired) electrons. The molecule has 0 saturated carbocycles. The summed E-state index contributed by atoms with van der Waals surface area (Å²) in [6.07, 6.45) is -3.18. The van der Waals surface area contributed by atoms with Crippen molar-refractivity contribution < 1.29 is 22.3 Å². The van der Waals surface area contributed by atoms with Gasteiger partial charge < -0.3 is 10.1 Å². The minimum absolute atomic E-state index is 0.00843. The van der Waals surface area contributed by atoms with E-state index in [0.29, 0.717) is 11.8 Å². The van der Waals surface area contributed by atoms with E-state index in [0.717, 1.165) is 22.8 Å². The van der Waals surface area contributed by atoms with Crippen LogP contribution in [-0.2, 0) is 6.18 Å². The fourth-order valence-corrected chi connectivity index (χ4v) is 2.58. The van der Waals surface area contributed by atoms with Gasteiger partial charge >= 0.3 is 6.18 Å². The van der Waals surface area contributed by atoms with Crippen molar-refractivity contribution in [3.8, 4) is 11.5 Å². The van der Waals surface area contributed by atoms with Gasteiger partial charge in [0.2, 0.25) is 0 Å². The molecule has 1 atom stereocenters. The van der Waals surface area contributed by atoms with Crippen molar-refractivity contribution in [2.24, 2.45) is 4.99 Å². The maximum atomic E-state index is 13.4. The first-order valence-corrected chi connectivity index (χ1v) is 7.96. The highest BCUT2D eigenvalue weighted by Crippen LogP contribution is 2.36. The van der Waals surface area contributed by atoms with Crippen molar-refractivity contribution in [2.45, 2.75) is 33.0 Å². The van der Waals surface area contributed by atoms with E-state index in [1.165, 1.54) is 6.07 Å². The summed E-state index contributed by atoms with van der Waals surface area (Å²) in [5.74, 6) is -0.980. The van der Waals surface area contributed by atoms with Crippen molar-refractivity contribution in [2.75, 3.05) is 7.05 Å². The average Bonchev–Trinajstić information content (AvgIpc) is 2.56. The predicted molar refractivity (Wildman–Crippen MR) is 93.4 cm³/mol. The molecule has 0 aliphatic rings. The van der Waals surface area contributed by atoms with Gasteiger partial charge in [-0.05, 0) is 61.7 Å². The second-order valence-electron chi connectivity index (χ2n) is 5.99. The van der Waals surface area contributed by atoms with Crippen LogP contribution in [0.3, 0.4) is 0 Å². The largest absolute Gasteiger partial charge is 0.457 e. The first kappa shape index (κ1) is 19.8. The van der Waals surface area contributed by atoms with Gasteiger partial charge in [0.25, 0.3) is 0 Å². The molecule has 1 N–H and O–H groups in total. The Morgan fingerprint density at radius 2 is 1.81 bits per heavy atom. The number of ether oxygens (including phenoxy) is 1. The Balaban J connectivity index is 2.32. The quantitative estimate of drug-likeness (QED) is 0.426. The summed E-state index contributed by atoms with van der Waals surface area (Å²) in [5.41, 5.74) is 1.33. The molecule has 7 heteroatoms. The van der Waals surface area contributed by atoms with Crippen LogP contribution in [0.4, 0.5) is 17.6 Å². The molecule has 2 aromatic carbocycles. The molecule has 0 aromatic heterocycles. The first-order chi connectivity index (χ1) is 12.1.